The van der Waals surface area contributed by atoms with Gasteiger partial charge < -0.3 is 15.7 Å². The Balaban J connectivity index is 2.49. The number of nitrogens with one attached hydrogen (secondary N) is 2. The molecule has 0 atom stereocenters. The lowest BCUT2D eigenvalue weighted by molar-refractivity contribution is -0.149. The van der Waals surface area contributed by atoms with Gasteiger partial charge in [0.15, 0.2) is 0 Å². The second-order valence-corrected chi connectivity index (χ2v) is 5.87. The standard InChI is InChI=1S/C15H21BrN2O3/c1-3-15(4-2,13(19)20)10-18-14(21)17-9-11-6-5-7-12(16)8-11/h5-8H,3-4,9-10H2,1-2H3,(H,19,20)(H2,17,18,21). The van der Waals surface area contributed by atoms with E-state index in [9.17, 15) is 14.7 Å². The Kier molecular flexibility index (Phi) is 6.68. The number of carboxylic acid groups (broad SMARTS) is 1. The zero-order valence-electron chi connectivity index (χ0n) is 12.3. The van der Waals surface area contributed by atoms with Gasteiger partial charge in [-0.15, -0.1) is 0 Å². The van der Waals surface area contributed by atoms with Gasteiger partial charge in [0.2, 0.25) is 0 Å². The van der Waals surface area contributed by atoms with Gasteiger partial charge in [0.05, 0.1) is 5.41 Å². The van der Waals surface area contributed by atoms with Gasteiger partial charge in [-0.3, -0.25) is 4.79 Å². The van der Waals surface area contributed by atoms with Gasteiger partial charge in [0, 0.05) is 17.6 Å². The number of carboxylic acids is 1. The molecule has 6 heteroatoms. The lowest BCUT2D eigenvalue weighted by atomic mass is 9.82. The summed E-state index contributed by atoms with van der Waals surface area (Å²) in [5, 5.41) is 14.7. The molecular formula is C15H21BrN2O3. The molecular weight excluding hydrogens is 336 g/mol. The van der Waals surface area contributed by atoms with Gasteiger partial charge in [0.25, 0.3) is 0 Å². The predicted octanol–water partition coefficient (Wildman–Crippen LogP) is 3.14. The first kappa shape index (κ1) is 17.5. The summed E-state index contributed by atoms with van der Waals surface area (Å²) in [4.78, 5) is 23.1. The van der Waals surface area contributed by atoms with Crippen LogP contribution in [0.2, 0.25) is 0 Å². The highest BCUT2D eigenvalue weighted by atomic mass is 79.9. The molecule has 0 heterocycles. The molecule has 0 fully saturated rings. The van der Waals surface area contributed by atoms with E-state index in [1.54, 1.807) is 0 Å². The summed E-state index contributed by atoms with van der Waals surface area (Å²) < 4.78 is 0.948. The Morgan fingerprint density at radius 1 is 1.24 bits per heavy atom. The summed E-state index contributed by atoms with van der Waals surface area (Å²) in [6, 6.07) is 7.27. The molecule has 0 aliphatic rings. The predicted molar refractivity (Wildman–Crippen MR) is 85.0 cm³/mol. The molecule has 1 aromatic carbocycles. The number of hydrogen-bond donors (Lipinski definition) is 3. The van der Waals surface area contributed by atoms with Crippen molar-refractivity contribution in [1.29, 1.82) is 0 Å². The van der Waals surface area contributed by atoms with E-state index < -0.39 is 11.4 Å². The topological polar surface area (TPSA) is 78.4 Å². The zero-order valence-corrected chi connectivity index (χ0v) is 13.9. The number of hydrogen-bond acceptors (Lipinski definition) is 2. The van der Waals surface area contributed by atoms with Crippen molar-refractivity contribution in [2.75, 3.05) is 6.54 Å². The molecule has 0 radical (unpaired) electrons. The fraction of sp³-hybridized carbons (Fsp3) is 0.467. The molecule has 0 saturated heterocycles. The number of aliphatic carboxylic acids is 1. The first-order chi connectivity index (χ1) is 9.93. The van der Waals surface area contributed by atoms with E-state index in [0.717, 1.165) is 10.0 Å². The minimum absolute atomic E-state index is 0.125. The summed E-state index contributed by atoms with van der Waals surface area (Å²) in [5.41, 5.74) is 0.0719. The smallest absolute Gasteiger partial charge is 0.315 e. The molecule has 5 nitrogen and oxygen atoms in total. The summed E-state index contributed by atoms with van der Waals surface area (Å²) in [6.07, 6.45) is 0.954. The van der Waals surface area contributed by atoms with E-state index in [1.165, 1.54) is 0 Å². The second kappa shape index (κ2) is 8.02. The van der Waals surface area contributed by atoms with Crippen molar-refractivity contribution in [1.82, 2.24) is 10.6 Å². The molecule has 0 aliphatic heterocycles. The molecule has 0 spiro atoms. The van der Waals surface area contributed by atoms with Crippen molar-refractivity contribution in [3.63, 3.8) is 0 Å². The number of halogens is 1. The molecule has 1 aromatic rings. The molecule has 0 unspecified atom stereocenters. The van der Waals surface area contributed by atoms with Crippen molar-refractivity contribution >= 4 is 27.9 Å². The maximum absolute atomic E-state index is 11.8. The average Bonchev–Trinajstić information content (AvgIpc) is 2.46. The van der Waals surface area contributed by atoms with Gasteiger partial charge in [-0.25, -0.2) is 4.79 Å². The minimum Gasteiger partial charge on any atom is -0.481 e. The van der Waals surface area contributed by atoms with Gasteiger partial charge in [-0.2, -0.15) is 0 Å². The summed E-state index contributed by atoms with van der Waals surface area (Å²) in [6.45, 7) is 4.15. The Bertz CT molecular complexity index is 501. The second-order valence-electron chi connectivity index (χ2n) is 4.96. The van der Waals surface area contributed by atoms with Crippen molar-refractivity contribution in [2.45, 2.75) is 33.2 Å². The molecule has 116 valence electrons. The molecule has 3 N–H and O–H groups in total. The minimum atomic E-state index is -0.896. The fourth-order valence-electron chi connectivity index (χ4n) is 2.02. The molecule has 0 bridgehead atoms. The van der Waals surface area contributed by atoms with Crippen LogP contribution in [0, 0.1) is 5.41 Å². The van der Waals surface area contributed by atoms with Crippen LogP contribution in [0.3, 0.4) is 0 Å². The summed E-state index contributed by atoms with van der Waals surface area (Å²) in [7, 11) is 0. The normalized spacial score (nSPS) is 11.0. The van der Waals surface area contributed by atoms with Crippen LogP contribution in [0.5, 0.6) is 0 Å². The molecule has 0 saturated carbocycles. The van der Waals surface area contributed by atoms with Crippen molar-refractivity contribution < 1.29 is 14.7 Å². The van der Waals surface area contributed by atoms with Crippen LogP contribution in [0.1, 0.15) is 32.3 Å². The number of benzene rings is 1. The third-order valence-corrected chi connectivity index (χ3v) is 4.23. The number of amides is 2. The number of rotatable bonds is 7. The third-order valence-electron chi connectivity index (χ3n) is 3.74. The van der Waals surface area contributed by atoms with Crippen molar-refractivity contribution in [2.24, 2.45) is 5.41 Å². The number of carbonyl (C=O) groups is 2. The largest absolute Gasteiger partial charge is 0.481 e. The Morgan fingerprint density at radius 3 is 2.43 bits per heavy atom. The molecule has 1 rings (SSSR count). The SMILES string of the molecule is CCC(CC)(CNC(=O)NCc1cccc(Br)c1)C(=O)O. The quantitative estimate of drug-likeness (QED) is 0.702. The third kappa shape index (κ3) is 5.04. The number of carbonyl (C=O) groups excluding carboxylic acids is 1. The van der Waals surface area contributed by atoms with Gasteiger partial charge >= 0.3 is 12.0 Å². The Labute approximate surface area is 133 Å². The monoisotopic (exact) mass is 356 g/mol. The maximum atomic E-state index is 11.8. The van der Waals surface area contributed by atoms with Crippen molar-refractivity contribution in [3.05, 3.63) is 34.3 Å². The van der Waals surface area contributed by atoms with Crippen LogP contribution >= 0.6 is 15.9 Å². The van der Waals surface area contributed by atoms with Crippen molar-refractivity contribution in [3.8, 4) is 0 Å². The molecule has 2 amide bonds. The van der Waals surface area contributed by atoms with E-state index >= 15 is 0 Å². The highest BCUT2D eigenvalue weighted by molar-refractivity contribution is 9.10. The molecule has 21 heavy (non-hydrogen) atoms. The summed E-state index contributed by atoms with van der Waals surface area (Å²) >= 11 is 3.37. The van der Waals surface area contributed by atoms with Crippen LogP contribution < -0.4 is 10.6 Å². The van der Waals surface area contributed by atoms with E-state index in [2.05, 4.69) is 26.6 Å². The van der Waals surface area contributed by atoms with E-state index in [1.807, 2.05) is 38.1 Å². The number of urea groups is 1. The highest BCUT2D eigenvalue weighted by Gasteiger charge is 2.35. The van der Waals surface area contributed by atoms with E-state index in [-0.39, 0.29) is 12.6 Å². The first-order valence-corrected chi connectivity index (χ1v) is 7.72. The molecule has 0 aliphatic carbocycles. The lowest BCUT2D eigenvalue weighted by Crippen LogP contribution is -2.45. The van der Waals surface area contributed by atoms with Crippen LogP contribution in [-0.4, -0.2) is 23.7 Å². The lowest BCUT2D eigenvalue weighted by Gasteiger charge is -2.26. The summed E-state index contributed by atoms with van der Waals surface area (Å²) in [5.74, 6) is -0.875. The van der Waals surface area contributed by atoms with Crippen LogP contribution in [0.4, 0.5) is 4.79 Å². The highest BCUT2D eigenvalue weighted by Crippen LogP contribution is 2.25. The van der Waals surface area contributed by atoms with Gasteiger partial charge in [-0.05, 0) is 30.5 Å². The first-order valence-electron chi connectivity index (χ1n) is 6.93. The van der Waals surface area contributed by atoms with E-state index in [4.69, 9.17) is 0 Å². The molecule has 0 aromatic heterocycles. The van der Waals surface area contributed by atoms with Gasteiger partial charge in [0.1, 0.15) is 0 Å². The zero-order chi connectivity index (χ0) is 15.9. The van der Waals surface area contributed by atoms with Crippen LogP contribution in [-0.2, 0) is 11.3 Å². The average molecular weight is 357 g/mol. The Morgan fingerprint density at radius 2 is 1.90 bits per heavy atom. The van der Waals surface area contributed by atoms with E-state index in [0.29, 0.717) is 19.4 Å². The van der Waals surface area contributed by atoms with Gasteiger partial charge in [-0.1, -0.05) is 41.9 Å². The maximum Gasteiger partial charge on any atom is 0.315 e. The fourth-order valence-corrected chi connectivity index (χ4v) is 2.47. The Hall–Kier alpha value is -1.56. The van der Waals surface area contributed by atoms with Crippen LogP contribution in [0.15, 0.2) is 28.7 Å². The van der Waals surface area contributed by atoms with Crippen LogP contribution in [0.25, 0.3) is 0 Å².